The van der Waals surface area contributed by atoms with Gasteiger partial charge in [0.25, 0.3) is 5.69 Å². The van der Waals surface area contributed by atoms with Crippen LogP contribution in [0.25, 0.3) is 0 Å². The van der Waals surface area contributed by atoms with Crippen LogP contribution in [0.3, 0.4) is 0 Å². The normalized spacial score (nSPS) is 17.6. The number of amides is 1. The van der Waals surface area contributed by atoms with Gasteiger partial charge in [-0.25, -0.2) is 8.42 Å². The molecule has 1 amide bonds. The van der Waals surface area contributed by atoms with Crippen molar-refractivity contribution in [3.8, 4) is 0 Å². The Morgan fingerprint density at radius 3 is 2.36 bits per heavy atom. The highest BCUT2D eigenvalue weighted by atomic mass is 35.5. The van der Waals surface area contributed by atoms with Gasteiger partial charge in [-0.1, -0.05) is 41.9 Å². The van der Waals surface area contributed by atoms with Gasteiger partial charge >= 0.3 is 0 Å². The number of nitrogens with zero attached hydrogens (tertiary/aromatic N) is 2. The molecule has 1 heterocycles. The van der Waals surface area contributed by atoms with Crippen LogP contribution in [0.5, 0.6) is 0 Å². The molecule has 0 bridgehead atoms. The van der Waals surface area contributed by atoms with E-state index in [0.29, 0.717) is 5.69 Å². The lowest BCUT2D eigenvalue weighted by molar-refractivity contribution is -0.384. The van der Waals surface area contributed by atoms with Crippen LogP contribution < -0.4 is 5.32 Å². The molecular weight excluding hydrogens is 406 g/mol. The predicted molar refractivity (Wildman–Crippen MR) is 106 cm³/mol. The van der Waals surface area contributed by atoms with E-state index in [9.17, 15) is 23.3 Å². The molecule has 148 valence electrons. The second-order valence-corrected chi connectivity index (χ2v) is 9.12. The molecule has 1 aliphatic rings. The summed E-state index contributed by atoms with van der Waals surface area (Å²) in [6.45, 7) is 0.493. The van der Waals surface area contributed by atoms with E-state index in [2.05, 4.69) is 5.32 Å². The number of anilines is 1. The van der Waals surface area contributed by atoms with Crippen molar-refractivity contribution in [2.24, 2.45) is 0 Å². The Morgan fingerprint density at radius 2 is 1.79 bits per heavy atom. The van der Waals surface area contributed by atoms with Crippen molar-refractivity contribution in [2.45, 2.75) is 6.04 Å². The van der Waals surface area contributed by atoms with E-state index in [1.807, 2.05) is 11.0 Å². The number of nitro groups is 1. The van der Waals surface area contributed by atoms with Crippen LogP contribution >= 0.6 is 11.6 Å². The molecule has 1 atom stereocenters. The molecule has 1 N–H and O–H groups in total. The average molecular weight is 424 g/mol. The molecule has 1 fully saturated rings. The third kappa shape index (κ3) is 4.67. The van der Waals surface area contributed by atoms with Crippen molar-refractivity contribution < 1.29 is 18.1 Å². The quantitative estimate of drug-likeness (QED) is 0.584. The van der Waals surface area contributed by atoms with Gasteiger partial charge in [-0.3, -0.25) is 19.8 Å². The van der Waals surface area contributed by atoms with E-state index in [1.165, 1.54) is 18.2 Å². The summed E-state index contributed by atoms with van der Waals surface area (Å²) in [5, 5.41) is 13.5. The van der Waals surface area contributed by atoms with Crippen molar-refractivity contribution in [3.63, 3.8) is 0 Å². The number of carbonyl (C=O) groups excluding carboxylic acids is 1. The van der Waals surface area contributed by atoms with Gasteiger partial charge in [-0.2, -0.15) is 0 Å². The van der Waals surface area contributed by atoms with Crippen molar-refractivity contribution in [1.82, 2.24) is 4.90 Å². The molecular formula is C18H18ClN3O5S. The van der Waals surface area contributed by atoms with Gasteiger partial charge in [0.1, 0.15) is 11.1 Å². The summed E-state index contributed by atoms with van der Waals surface area (Å²) < 4.78 is 23.5. The lowest BCUT2D eigenvalue weighted by Gasteiger charge is -2.33. The summed E-state index contributed by atoms with van der Waals surface area (Å²) in [6.07, 6.45) is 0. The third-order valence-electron chi connectivity index (χ3n) is 4.52. The second-order valence-electron chi connectivity index (χ2n) is 6.41. The summed E-state index contributed by atoms with van der Waals surface area (Å²) in [4.78, 5) is 25.1. The van der Waals surface area contributed by atoms with Gasteiger partial charge in [0.15, 0.2) is 9.84 Å². The third-order valence-corrected chi connectivity index (χ3v) is 6.43. The molecule has 1 saturated heterocycles. The predicted octanol–water partition coefficient (Wildman–Crippen LogP) is 2.66. The van der Waals surface area contributed by atoms with Gasteiger partial charge in [0.05, 0.1) is 16.4 Å². The summed E-state index contributed by atoms with van der Waals surface area (Å²) in [5.74, 6) is -0.379. The van der Waals surface area contributed by atoms with Gasteiger partial charge in [0.2, 0.25) is 5.91 Å². The van der Waals surface area contributed by atoms with Gasteiger partial charge < -0.3 is 5.32 Å². The number of sulfone groups is 1. The minimum Gasteiger partial charge on any atom is -0.324 e. The molecule has 1 unspecified atom stereocenters. The standard InChI is InChI=1S/C18H18ClN3O5S/c19-15-12-14(6-7-16(15)22(24)25)20-18(23)17(13-4-2-1-3-5-13)21-8-10-28(26,27)11-9-21/h1-7,12,17H,8-11H2,(H,20,23). The van der Waals surface area contributed by atoms with Crippen LogP contribution in [0.1, 0.15) is 11.6 Å². The molecule has 8 nitrogen and oxygen atoms in total. The molecule has 0 aliphatic carbocycles. The van der Waals surface area contributed by atoms with Crippen LogP contribution in [0.4, 0.5) is 11.4 Å². The topological polar surface area (TPSA) is 110 Å². The number of carbonyl (C=O) groups is 1. The van der Waals surface area contributed by atoms with Crippen molar-refractivity contribution in [3.05, 3.63) is 69.2 Å². The van der Waals surface area contributed by atoms with Crippen LogP contribution in [0.15, 0.2) is 48.5 Å². The fourth-order valence-corrected chi connectivity index (χ4v) is 4.57. The van der Waals surface area contributed by atoms with Crippen LogP contribution in [-0.4, -0.2) is 48.7 Å². The minimum absolute atomic E-state index is 0.00697. The van der Waals surface area contributed by atoms with Crippen LogP contribution in [-0.2, 0) is 14.6 Å². The molecule has 1 aliphatic heterocycles. The van der Waals surface area contributed by atoms with Crippen molar-refractivity contribution in [1.29, 1.82) is 0 Å². The zero-order valence-electron chi connectivity index (χ0n) is 14.7. The second kappa shape index (κ2) is 8.26. The molecule has 3 rings (SSSR count). The maximum Gasteiger partial charge on any atom is 0.288 e. The first kappa shape index (κ1) is 20.2. The van der Waals surface area contributed by atoms with Crippen LogP contribution in [0, 0.1) is 10.1 Å². The summed E-state index contributed by atoms with van der Waals surface area (Å²) >= 11 is 5.91. The Kier molecular flexibility index (Phi) is 5.97. The Bertz CT molecular complexity index is 984. The summed E-state index contributed by atoms with van der Waals surface area (Å²) in [7, 11) is -3.09. The first-order valence-electron chi connectivity index (χ1n) is 8.51. The molecule has 10 heteroatoms. The SMILES string of the molecule is O=C(Nc1ccc([N+](=O)[O-])c(Cl)c1)C(c1ccccc1)N1CCS(=O)(=O)CC1. The number of halogens is 1. The lowest BCUT2D eigenvalue weighted by atomic mass is 10.0. The average Bonchev–Trinajstić information content (AvgIpc) is 2.64. The zero-order valence-corrected chi connectivity index (χ0v) is 16.3. The molecule has 2 aromatic rings. The van der Waals surface area contributed by atoms with Crippen molar-refractivity contribution in [2.75, 3.05) is 29.9 Å². The van der Waals surface area contributed by atoms with E-state index >= 15 is 0 Å². The highest BCUT2D eigenvalue weighted by Crippen LogP contribution is 2.29. The number of benzene rings is 2. The Hall–Kier alpha value is -2.49. The van der Waals surface area contributed by atoms with E-state index in [4.69, 9.17) is 11.6 Å². The highest BCUT2D eigenvalue weighted by molar-refractivity contribution is 7.91. The number of hydrogen-bond donors (Lipinski definition) is 1. The number of hydrogen-bond acceptors (Lipinski definition) is 6. The number of nitro benzene ring substituents is 1. The summed E-state index contributed by atoms with van der Waals surface area (Å²) in [6, 6.07) is 12.3. The summed E-state index contributed by atoms with van der Waals surface area (Å²) in [5.41, 5.74) is 0.805. The number of rotatable bonds is 5. The lowest BCUT2D eigenvalue weighted by Crippen LogP contribution is -2.46. The number of nitrogens with one attached hydrogen (secondary N) is 1. The Morgan fingerprint density at radius 1 is 1.14 bits per heavy atom. The van der Waals surface area contributed by atoms with Gasteiger partial charge in [-0.05, 0) is 17.7 Å². The molecule has 28 heavy (non-hydrogen) atoms. The Balaban J connectivity index is 1.85. The monoisotopic (exact) mass is 423 g/mol. The first-order chi connectivity index (χ1) is 13.3. The maximum absolute atomic E-state index is 13.0. The van der Waals surface area contributed by atoms with E-state index in [-0.39, 0.29) is 41.2 Å². The fourth-order valence-electron chi connectivity index (χ4n) is 3.09. The van der Waals surface area contributed by atoms with E-state index < -0.39 is 20.8 Å². The first-order valence-corrected chi connectivity index (χ1v) is 10.7. The van der Waals surface area contributed by atoms with Crippen LogP contribution in [0.2, 0.25) is 5.02 Å². The zero-order chi connectivity index (χ0) is 20.3. The molecule has 0 saturated carbocycles. The molecule has 2 aromatic carbocycles. The fraction of sp³-hybridized carbons (Fsp3) is 0.278. The largest absolute Gasteiger partial charge is 0.324 e. The van der Waals surface area contributed by atoms with E-state index in [0.717, 1.165) is 5.56 Å². The van der Waals surface area contributed by atoms with Gasteiger partial charge in [0, 0.05) is 24.8 Å². The minimum atomic E-state index is -3.09. The smallest absolute Gasteiger partial charge is 0.288 e. The van der Waals surface area contributed by atoms with E-state index in [1.54, 1.807) is 24.3 Å². The van der Waals surface area contributed by atoms with Crippen molar-refractivity contribution >= 4 is 38.7 Å². The van der Waals surface area contributed by atoms with Gasteiger partial charge in [-0.15, -0.1) is 0 Å². The Labute approximate surface area is 167 Å². The molecule has 0 aromatic heterocycles. The molecule has 0 radical (unpaired) electrons. The molecule has 0 spiro atoms. The highest BCUT2D eigenvalue weighted by Gasteiger charge is 2.32. The maximum atomic E-state index is 13.0.